The second-order valence-corrected chi connectivity index (χ2v) is 8.13. The number of hydrogen-bond donors (Lipinski definition) is 3. The number of nitrogens with one attached hydrogen (secondary N) is 3. The summed E-state index contributed by atoms with van der Waals surface area (Å²) < 4.78 is 5.52. The van der Waals surface area contributed by atoms with E-state index in [0.717, 1.165) is 87.2 Å². The lowest BCUT2D eigenvalue weighted by Crippen LogP contribution is -2.41. The Labute approximate surface area is 176 Å². The average Bonchev–Trinajstić information content (AvgIpc) is 2.77. The highest BCUT2D eigenvalue weighted by Gasteiger charge is 2.23. The number of benzene rings is 1. The topological polar surface area (TPSA) is 91.4 Å². The molecule has 0 atom stereocenters. The molecule has 30 heavy (non-hydrogen) atoms. The lowest BCUT2D eigenvalue weighted by Gasteiger charge is -2.31. The molecule has 2 fully saturated rings. The van der Waals surface area contributed by atoms with Crippen LogP contribution in [0.4, 0.5) is 16.3 Å². The number of aromatic nitrogens is 2. The minimum atomic E-state index is -0.141. The van der Waals surface area contributed by atoms with Crippen molar-refractivity contribution in [3.05, 3.63) is 35.5 Å². The zero-order valence-electron chi connectivity index (χ0n) is 17.1. The molecule has 1 saturated heterocycles. The Hall–Kier alpha value is -2.71. The van der Waals surface area contributed by atoms with Gasteiger partial charge in [-0.05, 0) is 56.5 Å². The number of fused-ring (bicyclic) bond motifs is 1. The fraction of sp³-hybridized carbons (Fsp3) is 0.500. The van der Waals surface area contributed by atoms with Crippen molar-refractivity contribution in [2.75, 3.05) is 43.1 Å². The molecule has 0 bridgehead atoms. The number of urea groups is 1. The van der Waals surface area contributed by atoms with E-state index in [1.807, 2.05) is 24.3 Å². The molecule has 2 amide bonds. The molecule has 1 aliphatic carbocycles. The molecule has 5 rings (SSSR count). The third-order valence-electron chi connectivity index (χ3n) is 6.07. The van der Waals surface area contributed by atoms with Crippen LogP contribution in [0.25, 0.3) is 11.4 Å². The van der Waals surface area contributed by atoms with E-state index in [-0.39, 0.29) is 6.03 Å². The van der Waals surface area contributed by atoms with E-state index in [2.05, 4.69) is 20.9 Å². The molecule has 0 spiro atoms. The molecule has 8 nitrogen and oxygen atoms in total. The van der Waals surface area contributed by atoms with Crippen molar-refractivity contribution in [3.63, 3.8) is 0 Å². The number of anilines is 2. The number of ether oxygens (including phenoxy) is 1. The van der Waals surface area contributed by atoms with Gasteiger partial charge in [0.1, 0.15) is 5.82 Å². The monoisotopic (exact) mass is 408 g/mol. The molecular formula is C22H28N6O2. The van der Waals surface area contributed by atoms with E-state index in [0.29, 0.717) is 6.04 Å². The fourth-order valence-corrected chi connectivity index (χ4v) is 4.11. The third-order valence-corrected chi connectivity index (χ3v) is 6.07. The molecular weight excluding hydrogens is 380 g/mol. The molecule has 3 N–H and O–H groups in total. The summed E-state index contributed by atoms with van der Waals surface area (Å²) >= 11 is 0. The third kappa shape index (κ3) is 4.11. The molecule has 2 aromatic rings. The smallest absolute Gasteiger partial charge is 0.319 e. The number of amides is 2. The maximum absolute atomic E-state index is 12.1. The molecule has 8 heteroatoms. The number of rotatable bonds is 4. The van der Waals surface area contributed by atoms with Gasteiger partial charge < -0.3 is 25.6 Å². The molecule has 3 aliphatic rings. The largest absolute Gasteiger partial charge is 0.378 e. The first-order valence-corrected chi connectivity index (χ1v) is 10.9. The Bertz CT molecular complexity index is 907. The predicted molar refractivity (Wildman–Crippen MR) is 116 cm³/mol. The van der Waals surface area contributed by atoms with Gasteiger partial charge in [0.25, 0.3) is 0 Å². The molecule has 1 aromatic carbocycles. The number of hydrogen-bond acceptors (Lipinski definition) is 6. The number of carbonyl (C=O) groups excluding carboxylic acids is 1. The Morgan fingerprint density at radius 3 is 2.67 bits per heavy atom. The van der Waals surface area contributed by atoms with Crippen molar-refractivity contribution in [3.8, 4) is 11.4 Å². The standard InChI is InChI=1S/C22H28N6O2/c29-22(24-16-2-1-3-16)25-17-6-4-15(5-7-17)20-26-19-14-23-9-8-18(19)21(27-20)28-10-12-30-13-11-28/h4-7,16,23H,1-3,8-14H2,(H2,24,25,29). The quantitative estimate of drug-likeness (QED) is 0.719. The number of carbonyl (C=O) groups is 1. The van der Waals surface area contributed by atoms with Crippen LogP contribution in [0.15, 0.2) is 24.3 Å². The van der Waals surface area contributed by atoms with Crippen molar-refractivity contribution in [2.45, 2.75) is 38.3 Å². The zero-order valence-corrected chi connectivity index (χ0v) is 17.1. The summed E-state index contributed by atoms with van der Waals surface area (Å²) in [6.45, 7) is 4.90. The van der Waals surface area contributed by atoms with Gasteiger partial charge in [-0.25, -0.2) is 14.8 Å². The summed E-state index contributed by atoms with van der Waals surface area (Å²) in [5.41, 5.74) is 4.05. The SMILES string of the molecule is O=C(Nc1ccc(-c2nc3c(c(N4CCOCC4)n2)CCNC3)cc1)NC1CCC1. The molecule has 0 radical (unpaired) electrons. The van der Waals surface area contributed by atoms with Crippen LogP contribution >= 0.6 is 0 Å². The first-order valence-electron chi connectivity index (χ1n) is 10.9. The van der Waals surface area contributed by atoms with Crippen LogP contribution in [0.3, 0.4) is 0 Å². The molecule has 1 saturated carbocycles. The van der Waals surface area contributed by atoms with Crippen LogP contribution in [0.1, 0.15) is 30.5 Å². The van der Waals surface area contributed by atoms with Crippen LogP contribution in [0.2, 0.25) is 0 Å². The molecule has 0 unspecified atom stereocenters. The first kappa shape index (κ1) is 19.3. The highest BCUT2D eigenvalue weighted by atomic mass is 16.5. The molecule has 158 valence electrons. The van der Waals surface area contributed by atoms with Crippen LogP contribution < -0.4 is 20.9 Å². The van der Waals surface area contributed by atoms with E-state index in [4.69, 9.17) is 14.7 Å². The molecule has 1 aromatic heterocycles. The molecule has 2 aliphatic heterocycles. The van der Waals surface area contributed by atoms with Gasteiger partial charge in [0.2, 0.25) is 0 Å². The second kappa shape index (κ2) is 8.57. The Morgan fingerprint density at radius 1 is 1.13 bits per heavy atom. The van der Waals surface area contributed by atoms with Crippen molar-refractivity contribution in [1.82, 2.24) is 20.6 Å². The highest BCUT2D eigenvalue weighted by Crippen LogP contribution is 2.28. The van der Waals surface area contributed by atoms with Gasteiger partial charge >= 0.3 is 6.03 Å². The Morgan fingerprint density at radius 2 is 1.93 bits per heavy atom. The summed E-state index contributed by atoms with van der Waals surface area (Å²) in [4.78, 5) is 24.2. The Balaban J connectivity index is 1.37. The van der Waals surface area contributed by atoms with Crippen molar-refractivity contribution >= 4 is 17.5 Å². The van der Waals surface area contributed by atoms with Gasteiger partial charge in [-0.2, -0.15) is 0 Å². The van der Waals surface area contributed by atoms with Gasteiger partial charge in [0, 0.05) is 42.5 Å². The minimum Gasteiger partial charge on any atom is -0.378 e. The first-order chi connectivity index (χ1) is 14.8. The van der Waals surface area contributed by atoms with Crippen molar-refractivity contribution in [1.29, 1.82) is 0 Å². The van der Waals surface area contributed by atoms with Gasteiger partial charge in [-0.3, -0.25) is 0 Å². The summed E-state index contributed by atoms with van der Waals surface area (Å²) in [5, 5.41) is 9.32. The summed E-state index contributed by atoms with van der Waals surface area (Å²) in [6.07, 6.45) is 4.29. The van der Waals surface area contributed by atoms with E-state index in [1.54, 1.807) is 0 Å². The minimum absolute atomic E-state index is 0.141. The fourth-order valence-electron chi connectivity index (χ4n) is 4.11. The van der Waals surface area contributed by atoms with Gasteiger partial charge in [0.15, 0.2) is 5.82 Å². The van der Waals surface area contributed by atoms with E-state index < -0.39 is 0 Å². The summed E-state index contributed by atoms with van der Waals surface area (Å²) in [7, 11) is 0. The van der Waals surface area contributed by atoms with Gasteiger partial charge in [-0.15, -0.1) is 0 Å². The van der Waals surface area contributed by atoms with Gasteiger partial charge in [-0.1, -0.05) is 0 Å². The predicted octanol–water partition coefficient (Wildman–Crippen LogP) is 2.30. The number of nitrogens with zero attached hydrogens (tertiary/aromatic N) is 3. The summed E-state index contributed by atoms with van der Waals surface area (Å²) in [6, 6.07) is 7.94. The lowest BCUT2D eigenvalue weighted by molar-refractivity contribution is 0.122. The van der Waals surface area contributed by atoms with Crippen molar-refractivity contribution < 1.29 is 9.53 Å². The van der Waals surface area contributed by atoms with E-state index in [1.165, 1.54) is 12.0 Å². The van der Waals surface area contributed by atoms with Crippen LogP contribution in [-0.2, 0) is 17.7 Å². The van der Waals surface area contributed by atoms with Crippen molar-refractivity contribution in [2.24, 2.45) is 0 Å². The van der Waals surface area contributed by atoms with Crippen LogP contribution in [0, 0.1) is 0 Å². The van der Waals surface area contributed by atoms with Crippen LogP contribution in [0.5, 0.6) is 0 Å². The van der Waals surface area contributed by atoms with Crippen LogP contribution in [-0.4, -0.2) is 54.9 Å². The highest BCUT2D eigenvalue weighted by molar-refractivity contribution is 5.89. The van der Waals surface area contributed by atoms with E-state index >= 15 is 0 Å². The van der Waals surface area contributed by atoms with E-state index in [9.17, 15) is 4.79 Å². The second-order valence-electron chi connectivity index (χ2n) is 8.13. The molecule has 3 heterocycles. The maximum Gasteiger partial charge on any atom is 0.319 e. The Kier molecular flexibility index (Phi) is 5.50. The average molecular weight is 409 g/mol. The number of morpholine rings is 1. The zero-order chi connectivity index (χ0) is 20.3. The van der Waals surface area contributed by atoms with Gasteiger partial charge in [0.05, 0.1) is 18.9 Å². The lowest BCUT2D eigenvalue weighted by atomic mass is 9.93. The maximum atomic E-state index is 12.1. The summed E-state index contributed by atoms with van der Waals surface area (Å²) in [5.74, 6) is 1.77. The normalized spacial score (nSPS) is 19.0.